The van der Waals surface area contributed by atoms with Gasteiger partial charge < -0.3 is 5.11 Å². The molecule has 2 atom stereocenters. The van der Waals surface area contributed by atoms with Crippen molar-refractivity contribution in [1.82, 2.24) is 0 Å². The van der Waals surface area contributed by atoms with E-state index in [-0.39, 0.29) is 11.5 Å². The molecule has 1 aliphatic carbocycles. The Morgan fingerprint density at radius 2 is 2.00 bits per heavy atom. The highest BCUT2D eigenvalue weighted by molar-refractivity contribution is 5.29. The number of benzene rings is 1. The molecule has 0 aliphatic heterocycles. The zero-order valence-corrected chi connectivity index (χ0v) is 14.3. The predicted molar refractivity (Wildman–Crippen MR) is 94.8 cm³/mol. The van der Waals surface area contributed by atoms with E-state index >= 15 is 0 Å². The number of aliphatic hydroxyl groups excluding tert-OH is 1. The first-order valence-corrected chi connectivity index (χ1v) is 8.51. The van der Waals surface area contributed by atoms with Crippen LogP contribution in [0.25, 0.3) is 0 Å². The molecule has 0 saturated heterocycles. The summed E-state index contributed by atoms with van der Waals surface area (Å²) in [6.45, 7) is 10.6. The second-order valence-corrected chi connectivity index (χ2v) is 7.27. The molecule has 2 rings (SSSR count). The van der Waals surface area contributed by atoms with E-state index in [0.717, 1.165) is 32.1 Å². The van der Waals surface area contributed by atoms with Crippen LogP contribution in [0.5, 0.6) is 0 Å². The summed E-state index contributed by atoms with van der Waals surface area (Å²) < 4.78 is 0. The van der Waals surface area contributed by atoms with Crippen LogP contribution < -0.4 is 0 Å². The van der Waals surface area contributed by atoms with E-state index in [9.17, 15) is 5.11 Å². The lowest BCUT2D eigenvalue weighted by Crippen LogP contribution is -2.44. The number of hydrogen-bond acceptors (Lipinski definition) is 1. The van der Waals surface area contributed by atoms with E-state index in [4.69, 9.17) is 0 Å². The molecule has 120 valence electrons. The maximum atomic E-state index is 10.9. The third-order valence-electron chi connectivity index (χ3n) is 4.82. The van der Waals surface area contributed by atoms with Crippen molar-refractivity contribution in [3.8, 4) is 0 Å². The Balaban J connectivity index is 2.10. The molecule has 0 radical (unpaired) electrons. The van der Waals surface area contributed by atoms with Gasteiger partial charge in [-0.25, -0.2) is 0 Å². The van der Waals surface area contributed by atoms with Gasteiger partial charge in [-0.05, 0) is 50.5 Å². The van der Waals surface area contributed by atoms with Crippen molar-refractivity contribution >= 4 is 0 Å². The molecule has 0 bridgehead atoms. The Morgan fingerprint density at radius 1 is 1.32 bits per heavy atom. The molecule has 0 heterocycles. The van der Waals surface area contributed by atoms with Crippen LogP contribution in [0.15, 0.2) is 54.1 Å². The number of aryl methyl sites for hydroxylation is 1. The zero-order chi connectivity index (χ0) is 16.2. The lowest BCUT2D eigenvalue weighted by Gasteiger charge is -2.49. The first-order valence-electron chi connectivity index (χ1n) is 8.51. The highest BCUT2D eigenvalue weighted by atomic mass is 16.3. The summed E-state index contributed by atoms with van der Waals surface area (Å²) in [6, 6.07) is 10.5. The van der Waals surface area contributed by atoms with Crippen LogP contribution in [0.1, 0.15) is 52.0 Å². The van der Waals surface area contributed by atoms with Crippen molar-refractivity contribution < 1.29 is 5.11 Å². The highest BCUT2D eigenvalue weighted by Gasteiger charge is 2.46. The number of hydrogen-bond donors (Lipinski definition) is 1. The van der Waals surface area contributed by atoms with Gasteiger partial charge in [0, 0.05) is 5.41 Å². The van der Waals surface area contributed by atoms with Crippen molar-refractivity contribution in [3.05, 3.63) is 59.7 Å². The second kappa shape index (κ2) is 7.28. The van der Waals surface area contributed by atoms with Crippen molar-refractivity contribution in [2.24, 2.45) is 11.3 Å². The summed E-state index contributed by atoms with van der Waals surface area (Å²) in [4.78, 5) is 0. The first kappa shape index (κ1) is 17.0. The third kappa shape index (κ3) is 3.89. The van der Waals surface area contributed by atoms with Crippen LogP contribution in [0, 0.1) is 11.3 Å². The molecule has 1 saturated carbocycles. The minimum absolute atomic E-state index is 0.0507. The van der Waals surface area contributed by atoms with Crippen molar-refractivity contribution in [2.45, 2.75) is 59.0 Å². The normalized spacial score (nSPS) is 24.3. The topological polar surface area (TPSA) is 20.2 Å². The van der Waals surface area contributed by atoms with Crippen molar-refractivity contribution in [3.63, 3.8) is 0 Å². The lowest BCUT2D eigenvalue weighted by molar-refractivity contribution is 0.00731. The van der Waals surface area contributed by atoms with Gasteiger partial charge in [0.25, 0.3) is 0 Å². The average Bonchev–Trinajstić information content (AvgIpc) is 2.47. The number of rotatable bonds is 7. The molecule has 0 spiro atoms. The van der Waals surface area contributed by atoms with Crippen LogP contribution in [-0.2, 0) is 6.42 Å². The van der Waals surface area contributed by atoms with E-state index in [0.29, 0.717) is 5.92 Å². The van der Waals surface area contributed by atoms with Gasteiger partial charge in [0.2, 0.25) is 0 Å². The van der Waals surface area contributed by atoms with Gasteiger partial charge in [-0.15, -0.1) is 6.58 Å². The summed E-state index contributed by atoms with van der Waals surface area (Å²) in [6.07, 6.45) is 6.99. The summed E-state index contributed by atoms with van der Waals surface area (Å²) in [7, 11) is 0. The molecular weight excluding hydrogens is 268 g/mol. The van der Waals surface area contributed by atoms with Gasteiger partial charge in [0.15, 0.2) is 0 Å². The maximum absolute atomic E-state index is 10.9. The summed E-state index contributed by atoms with van der Waals surface area (Å²) in [5, 5.41) is 10.9. The van der Waals surface area contributed by atoms with Crippen molar-refractivity contribution in [2.75, 3.05) is 0 Å². The Hall–Kier alpha value is -1.34. The molecule has 0 unspecified atom stereocenters. The Kier molecular flexibility index (Phi) is 5.63. The molecule has 1 fully saturated rings. The molecule has 0 amide bonds. The van der Waals surface area contributed by atoms with E-state index in [1.54, 1.807) is 0 Å². The maximum Gasteiger partial charge on any atom is 0.0639 e. The van der Waals surface area contributed by atoms with Gasteiger partial charge in [-0.1, -0.05) is 61.4 Å². The standard InChI is InChI=1S/C21H30O/c1-16(2)14-19-12-13-21(19,15-17(3)4)20(22)11-10-18-8-6-5-7-9-18/h5-9,14,16,20,22H,3,10-13,15H2,1-2,4H3/b19-14+/t20-,21-/m1/s1. The smallest absolute Gasteiger partial charge is 0.0639 e. The van der Waals surface area contributed by atoms with E-state index in [1.165, 1.54) is 16.7 Å². The molecule has 1 aliphatic rings. The summed E-state index contributed by atoms with van der Waals surface area (Å²) >= 11 is 0. The van der Waals surface area contributed by atoms with Gasteiger partial charge in [-0.2, -0.15) is 0 Å². The number of allylic oxidation sites excluding steroid dienone is 2. The quantitative estimate of drug-likeness (QED) is 0.676. The zero-order valence-electron chi connectivity index (χ0n) is 14.3. The molecule has 0 aromatic heterocycles. The Labute approximate surface area is 135 Å². The Bertz CT molecular complexity index is 526. The second-order valence-electron chi connectivity index (χ2n) is 7.27. The predicted octanol–water partition coefficient (Wildman–Crippen LogP) is 5.31. The van der Waals surface area contributed by atoms with Gasteiger partial charge in [-0.3, -0.25) is 0 Å². The van der Waals surface area contributed by atoms with E-state index in [2.05, 4.69) is 57.7 Å². The molecule has 1 aromatic carbocycles. The fraction of sp³-hybridized carbons (Fsp3) is 0.524. The minimum Gasteiger partial charge on any atom is -0.392 e. The molecule has 22 heavy (non-hydrogen) atoms. The monoisotopic (exact) mass is 298 g/mol. The Morgan fingerprint density at radius 3 is 2.50 bits per heavy atom. The molecule has 1 N–H and O–H groups in total. The first-order chi connectivity index (χ1) is 10.4. The third-order valence-corrected chi connectivity index (χ3v) is 4.82. The minimum atomic E-state index is -0.275. The van der Waals surface area contributed by atoms with Gasteiger partial charge in [0.05, 0.1) is 6.10 Å². The molecule has 1 aromatic rings. The molecular formula is C21H30O. The van der Waals surface area contributed by atoms with Crippen molar-refractivity contribution in [1.29, 1.82) is 0 Å². The van der Waals surface area contributed by atoms with Crippen LogP contribution in [0.4, 0.5) is 0 Å². The summed E-state index contributed by atoms with van der Waals surface area (Å²) in [5.41, 5.74) is 3.88. The highest BCUT2D eigenvalue weighted by Crippen LogP contribution is 2.54. The average molecular weight is 298 g/mol. The largest absolute Gasteiger partial charge is 0.392 e. The molecule has 1 nitrogen and oxygen atoms in total. The van der Waals surface area contributed by atoms with Crippen LogP contribution in [0.2, 0.25) is 0 Å². The van der Waals surface area contributed by atoms with E-state index in [1.807, 2.05) is 6.07 Å². The van der Waals surface area contributed by atoms with Gasteiger partial charge >= 0.3 is 0 Å². The lowest BCUT2D eigenvalue weighted by atomic mass is 9.57. The van der Waals surface area contributed by atoms with Crippen LogP contribution in [0.3, 0.4) is 0 Å². The van der Waals surface area contributed by atoms with Gasteiger partial charge in [0.1, 0.15) is 0 Å². The van der Waals surface area contributed by atoms with E-state index < -0.39 is 0 Å². The fourth-order valence-electron chi connectivity index (χ4n) is 3.71. The van der Waals surface area contributed by atoms with Crippen LogP contribution >= 0.6 is 0 Å². The SMILES string of the molecule is C=C(C)C[C@]1([C@H](O)CCc2ccccc2)CC/C1=C\C(C)C. The molecule has 1 heteroatoms. The van der Waals surface area contributed by atoms with Crippen LogP contribution in [-0.4, -0.2) is 11.2 Å². The fourth-order valence-corrected chi connectivity index (χ4v) is 3.71. The number of aliphatic hydroxyl groups is 1. The summed E-state index contributed by atoms with van der Waals surface area (Å²) in [5.74, 6) is 0.543.